The highest BCUT2D eigenvalue weighted by molar-refractivity contribution is 5.28. The lowest BCUT2D eigenvalue weighted by Crippen LogP contribution is -2.32. The van der Waals surface area contributed by atoms with Gasteiger partial charge in [-0.15, -0.1) is 0 Å². The van der Waals surface area contributed by atoms with E-state index in [0.717, 1.165) is 18.8 Å². The van der Waals surface area contributed by atoms with Crippen molar-refractivity contribution < 1.29 is 0 Å². The number of piperidine rings is 1. The first-order chi connectivity index (χ1) is 7.25. The summed E-state index contributed by atoms with van der Waals surface area (Å²) in [6.07, 6.45) is 4.09. The van der Waals surface area contributed by atoms with E-state index in [0.29, 0.717) is 5.82 Å². The Labute approximate surface area is 91.1 Å². The van der Waals surface area contributed by atoms with Gasteiger partial charge in [0, 0.05) is 18.3 Å². The maximum absolute atomic E-state index is 5.64. The number of hydrogen-bond acceptors (Lipinski definition) is 3. The van der Waals surface area contributed by atoms with Crippen molar-refractivity contribution in [2.75, 3.05) is 25.4 Å². The summed E-state index contributed by atoms with van der Waals surface area (Å²) in [6.45, 7) is 6.61. The van der Waals surface area contributed by atoms with Crippen LogP contribution in [0.4, 0.5) is 5.82 Å². The maximum atomic E-state index is 5.64. The Morgan fingerprint density at radius 1 is 1.27 bits per heavy atom. The van der Waals surface area contributed by atoms with Crippen LogP contribution in [0.25, 0.3) is 0 Å². The van der Waals surface area contributed by atoms with Crippen LogP contribution in [-0.4, -0.2) is 34.3 Å². The van der Waals surface area contributed by atoms with Crippen molar-refractivity contribution in [1.82, 2.24) is 14.7 Å². The van der Waals surface area contributed by atoms with Gasteiger partial charge >= 0.3 is 0 Å². The third kappa shape index (κ3) is 2.72. The summed E-state index contributed by atoms with van der Waals surface area (Å²) in [6, 6.07) is 1.93. The van der Waals surface area contributed by atoms with Gasteiger partial charge in [0.05, 0.1) is 6.54 Å². The van der Waals surface area contributed by atoms with Crippen LogP contribution >= 0.6 is 0 Å². The summed E-state index contributed by atoms with van der Waals surface area (Å²) < 4.78 is 2.00. The largest absolute Gasteiger partial charge is 0.382 e. The van der Waals surface area contributed by atoms with Gasteiger partial charge in [-0.3, -0.25) is 4.68 Å². The minimum Gasteiger partial charge on any atom is -0.382 e. The van der Waals surface area contributed by atoms with E-state index < -0.39 is 0 Å². The monoisotopic (exact) mass is 208 g/mol. The number of hydrogen-bond donors (Lipinski definition) is 1. The smallest absolute Gasteiger partial charge is 0.145 e. The van der Waals surface area contributed by atoms with Gasteiger partial charge in [-0.05, 0) is 32.9 Å². The van der Waals surface area contributed by atoms with Crippen molar-refractivity contribution in [1.29, 1.82) is 0 Å². The van der Waals surface area contributed by atoms with Crippen LogP contribution in [-0.2, 0) is 6.54 Å². The second kappa shape index (κ2) is 4.66. The molecule has 2 heterocycles. The zero-order valence-corrected chi connectivity index (χ0v) is 9.45. The predicted octanol–water partition coefficient (Wildman–Crippen LogP) is 1.26. The molecular weight excluding hydrogens is 188 g/mol. The molecule has 0 radical (unpaired) electrons. The number of likely N-dealkylation sites (tertiary alicyclic amines) is 1. The van der Waals surface area contributed by atoms with Gasteiger partial charge in [0.2, 0.25) is 0 Å². The van der Waals surface area contributed by atoms with Crippen LogP contribution in [0.3, 0.4) is 0 Å². The first kappa shape index (κ1) is 10.5. The molecule has 1 saturated heterocycles. The SMILES string of the molecule is Cc1cc(N)nn1CCN1CCCCC1. The van der Waals surface area contributed by atoms with E-state index in [9.17, 15) is 0 Å². The number of aromatic nitrogens is 2. The summed E-state index contributed by atoms with van der Waals surface area (Å²) in [5.74, 6) is 0.631. The van der Waals surface area contributed by atoms with Gasteiger partial charge in [-0.1, -0.05) is 6.42 Å². The van der Waals surface area contributed by atoms with Gasteiger partial charge in [0.15, 0.2) is 0 Å². The molecule has 0 bridgehead atoms. The summed E-state index contributed by atoms with van der Waals surface area (Å²) >= 11 is 0. The van der Waals surface area contributed by atoms with Crippen LogP contribution in [0.15, 0.2) is 6.07 Å². The van der Waals surface area contributed by atoms with Crippen molar-refractivity contribution in [2.24, 2.45) is 0 Å². The van der Waals surface area contributed by atoms with Gasteiger partial charge in [-0.25, -0.2) is 0 Å². The maximum Gasteiger partial charge on any atom is 0.145 e. The topological polar surface area (TPSA) is 47.1 Å². The molecule has 0 aliphatic carbocycles. The van der Waals surface area contributed by atoms with Crippen molar-refractivity contribution in [3.63, 3.8) is 0 Å². The lowest BCUT2D eigenvalue weighted by Gasteiger charge is -2.26. The van der Waals surface area contributed by atoms with E-state index in [-0.39, 0.29) is 0 Å². The third-order valence-electron chi connectivity index (χ3n) is 3.08. The first-order valence-electron chi connectivity index (χ1n) is 5.78. The Morgan fingerprint density at radius 2 is 2.00 bits per heavy atom. The standard InChI is InChI=1S/C11H20N4/c1-10-9-11(12)13-15(10)8-7-14-5-3-2-4-6-14/h9H,2-8H2,1H3,(H2,12,13). The highest BCUT2D eigenvalue weighted by atomic mass is 15.3. The number of nitrogens with two attached hydrogens (primary N) is 1. The number of anilines is 1. The molecule has 1 aliphatic rings. The molecule has 15 heavy (non-hydrogen) atoms. The second-order valence-electron chi connectivity index (χ2n) is 4.34. The lowest BCUT2D eigenvalue weighted by molar-refractivity contribution is 0.217. The van der Waals surface area contributed by atoms with Crippen LogP contribution in [0.5, 0.6) is 0 Å². The predicted molar refractivity (Wildman–Crippen MR) is 61.7 cm³/mol. The Bertz CT molecular complexity index is 312. The lowest BCUT2D eigenvalue weighted by atomic mass is 10.1. The molecule has 0 unspecified atom stereocenters. The zero-order valence-electron chi connectivity index (χ0n) is 9.45. The van der Waals surface area contributed by atoms with Crippen LogP contribution in [0.2, 0.25) is 0 Å². The molecule has 1 aromatic heterocycles. The molecule has 2 rings (SSSR count). The third-order valence-corrected chi connectivity index (χ3v) is 3.08. The summed E-state index contributed by atoms with van der Waals surface area (Å²) in [5.41, 5.74) is 6.80. The molecule has 84 valence electrons. The molecule has 0 spiro atoms. The fraction of sp³-hybridized carbons (Fsp3) is 0.727. The highest BCUT2D eigenvalue weighted by Gasteiger charge is 2.10. The number of nitrogen functional groups attached to an aromatic ring is 1. The van der Waals surface area contributed by atoms with Crippen molar-refractivity contribution in [2.45, 2.75) is 32.7 Å². The van der Waals surface area contributed by atoms with E-state index in [4.69, 9.17) is 5.73 Å². The Hall–Kier alpha value is -1.03. The second-order valence-corrected chi connectivity index (χ2v) is 4.34. The van der Waals surface area contributed by atoms with E-state index in [1.54, 1.807) is 0 Å². The van der Waals surface area contributed by atoms with E-state index in [1.807, 2.05) is 10.7 Å². The van der Waals surface area contributed by atoms with Gasteiger partial charge in [-0.2, -0.15) is 5.10 Å². The molecule has 0 saturated carbocycles. The average molecular weight is 208 g/mol. The number of nitrogens with zero attached hydrogens (tertiary/aromatic N) is 3. The van der Waals surface area contributed by atoms with Crippen molar-refractivity contribution >= 4 is 5.82 Å². The minimum atomic E-state index is 0.631. The summed E-state index contributed by atoms with van der Waals surface area (Å²) in [7, 11) is 0. The van der Waals surface area contributed by atoms with Gasteiger partial charge < -0.3 is 10.6 Å². The molecule has 4 nitrogen and oxygen atoms in total. The fourth-order valence-corrected chi connectivity index (χ4v) is 2.18. The molecular formula is C11H20N4. The molecule has 1 aromatic rings. The zero-order chi connectivity index (χ0) is 10.7. The molecule has 0 atom stereocenters. The molecule has 1 fully saturated rings. The fourth-order valence-electron chi connectivity index (χ4n) is 2.18. The Morgan fingerprint density at radius 3 is 2.60 bits per heavy atom. The van der Waals surface area contributed by atoms with E-state index >= 15 is 0 Å². The molecule has 1 aliphatic heterocycles. The molecule has 2 N–H and O–H groups in total. The normalized spacial score (nSPS) is 18.2. The van der Waals surface area contributed by atoms with Crippen molar-refractivity contribution in [3.8, 4) is 0 Å². The Kier molecular flexibility index (Phi) is 3.26. The van der Waals surface area contributed by atoms with Crippen molar-refractivity contribution in [3.05, 3.63) is 11.8 Å². The van der Waals surface area contributed by atoms with Gasteiger partial charge in [0.1, 0.15) is 5.82 Å². The molecule has 0 amide bonds. The first-order valence-corrected chi connectivity index (χ1v) is 5.78. The molecule has 4 heteroatoms. The average Bonchev–Trinajstić information content (AvgIpc) is 2.56. The number of rotatable bonds is 3. The van der Waals surface area contributed by atoms with Crippen LogP contribution in [0.1, 0.15) is 25.0 Å². The minimum absolute atomic E-state index is 0.631. The number of aryl methyl sites for hydroxylation is 1. The van der Waals surface area contributed by atoms with Crippen LogP contribution < -0.4 is 5.73 Å². The summed E-state index contributed by atoms with van der Waals surface area (Å²) in [5, 5.41) is 4.26. The quantitative estimate of drug-likeness (QED) is 0.813. The van der Waals surface area contributed by atoms with Crippen LogP contribution in [0, 0.1) is 6.92 Å². The van der Waals surface area contributed by atoms with E-state index in [1.165, 1.54) is 32.4 Å². The van der Waals surface area contributed by atoms with E-state index in [2.05, 4.69) is 16.9 Å². The van der Waals surface area contributed by atoms with Gasteiger partial charge in [0.25, 0.3) is 0 Å². The summed E-state index contributed by atoms with van der Waals surface area (Å²) in [4.78, 5) is 2.51. The Balaban J connectivity index is 1.84. The highest BCUT2D eigenvalue weighted by Crippen LogP contribution is 2.09. The molecule has 0 aromatic carbocycles.